The number of benzene rings is 2. The lowest BCUT2D eigenvalue weighted by molar-refractivity contribution is 0.414. The van der Waals surface area contributed by atoms with Gasteiger partial charge >= 0.3 is 0 Å². The van der Waals surface area contributed by atoms with Crippen molar-refractivity contribution in [3.8, 4) is 5.75 Å². The van der Waals surface area contributed by atoms with Crippen LogP contribution in [0.2, 0.25) is 0 Å². The summed E-state index contributed by atoms with van der Waals surface area (Å²) >= 11 is 0. The summed E-state index contributed by atoms with van der Waals surface area (Å²) in [7, 11) is 1.57. The predicted molar refractivity (Wildman–Crippen MR) is 80.8 cm³/mol. The first-order valence-electron chi connectivity index (χ1n) is 6.76. The van der Waals surface area contributed by atoms with Gasteiger partial charge in [-0.1, -0.05) is 38.1 Å². The quantitative estimate of drug-likeness (QED) is 0.861. The van der Waals surface area contributed by atoms with Crippen LogP contribution in [0.15, 0.2) is 42.5 Å². The zero-order valence-electron chi connectivity index (χ0n) is 12.1. The largest absolute Gasteiger partial charge is 0.497 e. The average molecular weight is 273 g/mol. The van der Waals surface area contributed by atoms with E-state index in [4.69, 9.17) is 4.74 Å². The van der Waals surface area contributed by atoms with Gasteiger partial charge in [0.15, 0.2) is 0 Å². The van der Waals surface area contributed by atoms with Crippen LogP contribution in [0.1, 0.15) is 30.9 Å². The van der Waals surface area contributed by atoms with Crippen molar-refractivity contribution in [3.05, 3.63) is 59.4 Å². The van der Waals surface area contributed by atoms with Gasteiger partial charge in [-0.2, -0.15) is 0 Å². The van der Waals surface area contributed by atoms with E-state index in [0.29, 0.717) is 23.9 Å². The van der Waals surface area contributed by atoms with Crippen LogP contribution in [-0.2, 0) is 6.54 Å². The number of methoxy groups -OCH3 is 1. The number of anilines is 1. The Balaban J connectivity index is 2.04. The first-order valence-corrected chi connectivity index (χ1v) is 6.76. The number of rotatable bonds is 5. The molecule has 0 saturated carbocycles. The van der Waals surface area contributed by atoms with Crippen molar-refractivity contribution in [2.75, 3.05) is 12.4 Å². The summed E-state index contributed by atoms with van der Waals surface area (Å²) in [6, 6.07) is 13.0. The van der Waals surface area contributed by atoms with Crippen LogP contribution in [0.5, 0.6) is 5.75 Å². The highest BCUT2D eigenvalue weighted by atomic mass is 19.1. The molecule has 106 valence electrons. The van der Waals surface area contributed by atoms with Gasteiger partial charge in [-0.05, 0) is 29.2 Å². The molecule has 0 saturated heterocycles. The highest BCUT2D eigenvalue weighted by Gasteiger charge is 2.04. The van der Waals surface area contributed by atoms with E-state index in [-0.39, 0.29) is 5.82 Å². The van der Waals surface area contributed by atoms with Crippen molar-refractivity contribution in [3.63, 3.8) is 0 Å². The van der Waals surface area contributed by atoms with Crippen molar-refractivity contribution < 1.29 is 9.13 Å². The zero-order valence-corrected chi connectivity index (χ0v) is 12.1. The van der Waals surface area contributed by atoms with E-state index in [1.54, 1.807) is 19.2 Å². The molecule has 2 rings (SSSR count). The third kappa shape index (κ3) is 3.50. The highest BCUT2D eigenvalue weighted by Crippen LogP contribution is 2.22. The molecule has 0 amide bonds. The molecule has 2 nitrogen and oxygen atoms in total. The van der Waals surface area contributed by atoms with E-state index in [2.05, 4.69) is 43.4 Å². The molecule has 0 bridgehead atoms. The van der Waals surface area contributed by atoms with Gasteiger partial charge in [0, 0.05) is 12.6 Å². The SMILES string of the molecule is COc1ccc(F)c(NCc2ccc(C(C)C)cc2)c1. The molecular weight excluding hydrogens is 253 g/mol. The van der Waals surface area contributed by atoms with E-state index in [9.17, 15) is 4.39 Å². The molecular formula is C17H20FNO. The number of halogens is 1. The average Bonchev–Trinajstić information content (AvgIpc) is 2.47. The molecule has 0 aromatic heterocycles. The van der Waals surface area contributed by atoms with Gasteiger partial charge in [0.1, 0.15) is 11.6 Å². The highest BCUT2D eigenvalue weighted by molar-refractivity contribution is 5.50. The molecule has 0 aliphatic heterocycles. The third-order valence-corrected chi connectivity index (χ3v) is 3.30. The van der Waals surface area contributed by atoms with Gasteiger partial charge < -0.3 is 10.1 Å². The standard InChI is InChI=1S/C17H20FNO/c1-12(2)14-6-4-13(5-7-14)11-19-17-10-15(20-3)8-9-16(17)18/h4-10,12,19H,11H2,1-3H3. The Hall–Kier alpha value is -2.03. The van der Waals surface area contributed by atoms with Crippen molar-refractivity contribution in [1.29, 1.82) is 0 Å². The Morgan fingerprint density at radius 1 is 1.10 bits per heavy atom. The van der Waals surface area contributed by atoms with Crippen LogP contribution in [0.4, 0.5) is 10.1 Å². The zero-order chi connectivity index (χ0) is 14.5. The second kappa shape index (κ2) is 6.42. The number of hydrogen-bond acceptors (Lipinski definition) is 2. The second-order valence-electron chi connectivity index (χ2n) is 5.10. The van der Waals surface area contributed by atoms with Gasteiger partial charge in [0.2, 0.25) is 0 Å². The molecule has 0 aliphatic rings. The number of nitrogens with one attached hydrogen (secondary N) is 1. The van der Waals surface area contributed by atoms with E-state index in [1.807, 2.05) is 0 Å². The molecule has 0 fully saturated rings. The van der Waals surface area contributed by atoms with Gasteiger partial charge in [-0.3, -0.25) is 0 Å². The van der Waals surface area contributed by atoms with Crippen LogP contribution in [0.3, 0.4) is 0 Å². The Morgan fingerprint density at radius 3 is 2.40 bits per heavy atom. The summed E-state index contributed by atoms with van der Waals surface area (Å²) in [4.78, 5) is 0. The van der Waals surface area contributed by atoms with Crippen molar-refractivity contribution >= 4 is 5.69 Å². The smallest absolute Gasteiger partial charge is 0.146 e. The lowest BCUT2D eigenvalue weighted by Crippen LogP contribution is -2.02. The Morgan fingerprint density at radius 2 is 1.80 bits per heavy atom. The van der Waals surface area contributed by atoms with E-state index in [1.165, 1.54) is 11.6 Å². The molecule has 2 aromatic rings. The molecule has 0 aliphatic carbocycles. The maximum Gasteiger partial charge on any atom is 0.146 e. The minimum atomic E-state index is -0.274. The van der Waals surface area contributed by atoms with Gasteiger partial charge in [-0.15, -0.1) is 0 Å². The fraction of sp³-hybridized carbons (Fsp3) is 0.294. The summed E-state index contributed by atoms with van der Waals surface area (Å²) in [5.41, 5.74) is 2.88. The molecule has 0 atom stereocenters. The van der Waals surface area contributed by atoms with Gasteiger partial charge in [-0.25, -0.2) is 4.39 Å². The molecule has 2 aromatic carbocycles. The fourth-order valence-corrected chi connectivity index (χ4v) is 1.98. The van der Waals surface area contributed by atoms with Crippen LogP contribution in [-0.4, -0.2) is 7.11 Å². The molecule has 3 heteroatoms. The molecule has 0 radical (unpaired) electrons. The van der Waals surface area contributed by atoms with E-state index in [0.717, 1.165) is 5.56 Å². The summed E-state index contributed by atoms with van der Waals surface area (Å²) in [6.45, 7) is 4.92. The lowest BCUT2D eigenvalue weighted by atomic mass is 10.0. The topological polar surface area (TPSA) is 21.3 Å². The van der Waals surface area contributed by atoms with Crippen LogP contribution in [0, 0.1) is 5.82 Å². The monoisotopic (exact) mass is 273 g/mol. The summed E-state index contributed by atoms with van der Waals surface area (Å²) in [6.07, 6.45) is 0. The predicted octanol–water partition coefficient (Wildman–Crippen LogP) is 4.57. The van der Waals surface area contributed by atoms with E-state index >= 15 is 0 Å². The Kier molecular flexibility index (Phi) is 4.61. The fourth-order valence-electron chi connectivity index (χ4n) is 1.98. The molecule has 1 N–H and O–H groups in total. The Bertz CT molecular complexity index is 564. The first-order chi connectivity index (χ1) is 9.60. The lowest BCUT2D eigenvalue weighted by Gasteiger charge is -2.10. The van der Waals surface area contributed by atoms with E-state index < -0.39 is 0 Å². The normalized spacial score (nSPS) is 10.7. The van der Waals surface area contributed by atoms with Crippen LogP contribution < -0.4 is 10.1 Å². The minimum absolute atomic E-state index is 0.274. The molecule has 0 spiro atoms. The summed E-state index contributed by atoms with van der Waals surface area (Å²) in [5.74, 6) is 0.890. The summed E-state index contributed by atoms with van der Waals surface area (Å²) in [5, 5.41) is 3.10. The minimum Gasteiger partial charge on any atom is -0.497 e. The van der Waals surface area contributed by atoms with Crippen LogP contribution >= 0.6 is 0 Å². The van der Waals surface area contributed by atoms with Crippen molar-refractivity contribution in [1.82, 2.24) is 0 Å². The Labute approximate surface area is 119 Å². The van der Waals surface area contributed by atoms with Gasteiger partial charge in [0.05, 0.1) is 12.8 Å². The second-order valence-corrected chi connectivity index (χ2v) is 5.10. The number of ether oxygens (including phenoxy) is 1. The maximum atomic E-state index is 13.7. The maximum absolute atomic E-state index is 13.7. The molecule has 20 heavy (non-hydrogen) atoms. The van der Waals surface area contributed by atoms with Crippen LogP contribution in [0.25, 0.3) is 0 Å². The van der Waals surface area contributed by atoms with Crippen molar-refractivity contribution in [2.24, 2.45) is 0 Å². The molecule has 0 heterocycles. The first kappa shape index (κ1) is 14.4. The molecule has 0 unspecified atom stereocenters. The number of hydrogen-bond donors (Lipinski definition) is 1. The van der Waals surface area contributed by atoms with Gasteiger partial charge in [0.25, 0.3) is 0 Å². The summed E-state index contributed by atoms with van der Waals surface area (Å²) < 4.78 is 18.8. The third-order valence-electron chi connectivity index (χ3n) is 3.30. The van der Waals surface area contributed by atoms with Crippen molar-refractivity contribution in [2.45, 2.75) is 26.3 Å².